The Hall–Kier alpha value is -0.300. The average Bonchev–Trinajstić information content (AvgIpc) is 2.38. The van der Waals surface area contributed by atoms with Crippen LogP contribution in [0.2, 0.25) is 0 Å². The van der Waals surface area contributed by atoms with Gasteiger partial charge in [0.2, 0.25) is 0 Å². The van der Waals surface area contributed by atoms with Crippen LogP contribution in [0.4, 0.5) is 0 Å². The molecule has 0 saturated carbocycles. The number of allylic oxidation sites excluding steroid dienone is 2. The molecule has 2 rings (SSSR count). The molecule has 0 amide bonds. The van der Waals surface area contributed by atoms with Crippen LogP contribution in [0.25, 0.3) is 0 Å². The molecule has 1 heterocycles. The maximum absolute atomic E-state index is 5.97. The molecule has 0 bridgehead atoms. The Balaban J connectivity index is 0.00000144. The van der Waals surface area contributed by atoms with Crippen LogP contribution in [-0.4, -0.2) is 43.7 Å². The quantitative estimate of drug-likeness (QED) is 0.356. The van der Waals surface area contributed by atoms with Crippen molar-refractivity contribution in [2.75, 3.05) is 32.8 Å². The zero-order valence-electron chi connectivity index (χ0n) is 10.2. The average molecular weight is 351 g/mol. The number of ether oxygens (including phenoxy) is 1. The fourth-order valence-electron chi connectivity index (χ4n) is 2.14. The number of nitrogens with zero attached hydrogens (tertiary/aromatic N) is 2. The highest BCUT2D eigenvalue weighted by molar-refractivity contribution is 14.0. The van der Waals surface area contributed by atoms with Crippen LogP contribution in [0.15, 0.2) is 17.1 Å². The van der Waals surface area contributed by atoms with Gasteiger partial charge < -0.3 is 15.4 Å². The smallest absolute Gasteiger partial charge is 0.191 e. The van der Waals surface area contributed by atoms with E-state index in [0.29, 0.717) is 11.9 Å². The summed E-state index contributed by atoms with van der Waals surface area (Å²) in [6, 6.07) is 0. The summed E-state index contributed by atoms with van der Waals surface area (Å²) < 4.78 is 5.28. The standard InChI is InChI=1S/C12H21N3O.HI/c13-12(15-6-8-16-9-7-15)14-10-11-4-2-1-3-5-11;/h1-2,11H,3-10H2,(H2,13,14);1H. The van der Waals surface area contributed by atoms with Gasteiger partial charge in [0.25, 0.3) is 0 Å². The highest BCUT2D eigenvalue weighted by atomic mass is 127. The summed E-state index contributed by atoms with van der Waals surface area (Å²) in [6.07, 6.45) is 8.11. The van der Waals surface area contributed by atoms with E-state index in [1.165, 1.54) is 12.8 Å². The lowest BCUT2D eigenvalue weighted by Crippen LogP contribution is -2.45. The third kappa shape index (κ3) is 4.83. The molecule has 1 saturated heterocycles. The number of rotatable bonds is 2. The van der Waals surface area contributed by atoms with Crippen LogP contribution < -0.4 is 5.73 Å². The minimum Gasteiger partial charge on any atom is -0.378 e. The molecule has 1 aliphatic heterocycles. The number of halogens is 1. The van der Waals surface area contributed by atoms with Crippen molar-refractivity contribution in [3.05, 3.63) is 12.2 Å². The monoisotopic (exact) mass is 351 g/mol. The van der Waals surface area contributed by atoms with Gasteiger partial charge in [0, 0.05) is 19.6 Å². The van der Waals surface area contributed by atoms with Crippen LogP contribution in [-0.2, 0) is 4.74 Å². The second-order valence-corrected chi connectivity index (χ2v) is 4.45. The Bertz CT molecular complexity index is 275. The van der Waals surface area contributed by atoms with Crippen molar-refractivity contribution in [1.29, 1.82) is 0 Å². The summed E-state index contributed by atoms with van der Waals surface area (Å²) in [6.45, 7) is 4.15. The molecule has 2 aliphatic rings. The van der Waals surface area contributed by atoms with Crippen molar-refractivity contribution in [3.63, 3.8) is 0 Å². The summed E-state index contributed by atoms with van der Waals surface area (Å²) in [5.74, 6) is 1.38. The van der Waals surface area contributed by atoms with Crippen molar-refractivity contribution >= 4 is 29.9 Å². The number of morpholine rings is 1. The van der Waals surface area contributed by atoms with E-state index < -0.39 is 0 Å². The molecule has 0 aromatic rings. The van der Waals surface area contributed by atoms with Gasteiger partial charge in [0.1, 0.15) is 0 Å². The van der Waals surface area contributed by atoms with E-state index in [9.17, 15) is 0 Å². The minimum absolute atomic E-state index is 0. The van der Waals surface area contributed by atoms with Gasteiger partial charge in [-0.2, -0.15) is 0 Å². The fraction of sp³-hybridized carbons (Fsp3) is 0.750. The molecule has 1 atom stereocenters. The Morgan fingerprint density at radius 1 is 1.35 bits per heavy atom. The van der Waals surface area contributed by atoms with Gasteiger partial charge in [-0.05, 0) is 25.2 Å². The van der Waals surface area contributed by atoms with Crippen LogP contribution in [0.1, 0.15) is 19.3 Å². The van der Waals surface area contributed by atoms with Gasteiger partial charge in [-0.3, -0.25) is 4.99 Å². The predicted molar refractivity (Wildman–Crippen MR) is 80.8 cm³/mol. The Morgan fingerprint density at radius 3 is 2.76 bits per heavy atom. The molecule has 5 heteroatoms. The molecule has 98 valence electrons. The lowest BCUT2D eigenvalue weighted by atomic mass is 9.95. The van der Waals surface area contributed by atoms with Gasteiger partial charge in [0.15, 0.2) is 5.96 Å². The van der Waals surface area contributed by atoms with Crippen molar-refractivity contribution in [2.24, 2.45) is 16.6 Å². The predicted octanol–water partition coefficient (Wildman–Crippen LogP) is 1.61. The SMILES string of the molecule is I.NC(=NCC1CC=CCC1)N1CCOCC1. The summed E-state index contributed by atoms with van der Waals surface area (Å²) in [4.78, 5) is 6.62. The topological polar surface area (TPSA) is 50.8 Å². The van der Waals surface area contributed by atoms with Crippen LogP contribution >= 0.6 is 24.0 Å². The zero-order valence-corrected chi connectivity index (χ0v) is 12.5. The van der Waals surface area contributed by atoms with Gasteiger partial charge in [-0.1, -0.05) is 12.2 Å². The van der Waals surface area contributed by atoms with Gasteiger partial charge >= 0.3 is 0 Å². The van der Waals surface area contributed by atoms with Crippen LogP contribution in [0, 0.1) is 5.92 Å². The molecular weight excluding hydrogens is 329 g/mol. The second-order valence-electron chi connectivity index (χ2n) is 4.45. The third-order valence-electron chi connectivity index (χ3n) is 3.22. The first kappa shape index (κ1) is 14.8. The highest BCUT2D eigenvalue weighted by Crippen LogP contribution is 2.18. The van der Waals surface area contributed by atoms with E-state index in [0.717, 1.165) is 39.3 Å². The molecule has 4 nitrogen and oxygen atoms in total. The lowest BCUT2D eigenvalue weighted by molar-refractivity contribution is 0.0674. The van der Waals surface area contributed by atoms with Crippen molar-refractivity contribution in [3.8, 4) is 0 Å². The first-order valence-corrected chi connectivity index (χ1v) is 6.14. The second kappa shape index (κ2) is 7.92. The molecule has 1 unspecified atom stereocenters. The van der Waals surface area contributed by atoms with E-state index in [4.69, 9.17) is 10.5 Å². The molecule has 17 heavy (non-hydrogen) atoms. The largest absolute Gasteiger partial charge is 0.378 e. The Morgan fingerprint density at radius 2 is 2.12 bits per heavy atom. The van der Waals surface area contributed by atoms with E-state index in [2.05, 4.69) is 22.0 Å². The van der Waals surface area contributed by atoms with Gasteiger partial charge in [0.05, 0.1) is 13.2 Å². The molecule has 0 radical (unpaired) electrons. The molecule has 1 fully saturated rings. The molecule has 1 aliphatic carbocycles. The Kier molecular flexibility index (Phi) is 6.87. The fourth-order valence-corrected chi connectivity index (χ4v) is 2.14. The summed E-state index contributed by atoms with van der Waals surface area (Å²) in [5, 5.41) is 0. The maximum Gasteiger partial charge on any atom is 0.191 e. The van der Waals surface area contributed by atoms with E-state index in [1.54, 1.807) is 0 Å². The highest BCUT2D eigenvalue weighted by Gasteiger charge is 2.13. The van der Waals surface area contributed by atoms with Crippen molar-refractivity contribution in [2.45, 2.75) is 19.3 Å². The molecule has 0 aromatic carbocycles. The molecule has 0 spiro atoms. The van der Waals surface area contributed by atoms with E-state index in [-0.39, 0.29) is 24.0 Å². The first-order chi connectivity index (χ1) is 7.86. The Labute approximate surface area is 120 Å². The summed E-state index contributed by atoms with van der Waals surface area (Å²) in [5.41, 5.74) is 5.97. The van der Waals surface area contributed by atoms with Crippen molar-refractivity contribution in [1.82, 2.24) is 4.90 Å². The number of hydrogen-bond acceptors (Lipinski definition) is 2. The minimum atomic E-state index is 0. The first-order valence-electron chi connectivity index (χ1n) is 6.14. The van der Waals surface area contributed by atoms with Gasteiger partial charge in [-0.25, -0.2) is 0 Å². The van der Waals surface area contributed by atoms with E-state index in [1.807, 2.05) is 0 Å². The number of guanidine groups is 1. The van der Waals surface area contributed by atoms with Gasteiger partial charge in [-0.15, -0.1) is 24.0 Å². The lowest BCUT2D eigenvalue weighted by Gasteiger charge is -2.28. The zero-order chi connectivity index (χ0) is 11.2. The molecular formula is C12H22IN3O. The van der Waals surface area contributed by atoms with Crippen LogP contribution in [0.3, 0.4) is 0 Å². The normalized spacial score (nSPS) is 25.5. The number of hydrogen-bond donors (Lipinski definition) is 1. The third-order valence-corrected chi connectivity index (χ3v) is 3.22. The number of aliphatic imine (C=N–C) groups is 1. The van der Waals surface area contributed by atoms with Crippen LogP contribution in [0.5, 0.6) is 0 Å². The molecule has 2 N–H and O–H groups in total. The maximum atomic E-state index is 5.97. The number of nitrogens with two attached hydrogens (primary N) is 1. The molecule has 0 aromatic heterocycles. The summed E-state index contributed by atoms with van der Waals surface area (Å²) >= 11 is 0. The van der Waals surface area contributed by atoms with Crippen molar-refractivity contribution < 1.29 is 4.74 Å². The van der Waals surface area contributed by atoms with E-state index >= 15 is 0 Å². The summed E-state index contributed by atoms with van der Waals surface area (Å²) in [7, 11) is 0.